The molecule has 0 atom stereocenters. The Morgan fingerprint density at radius 3 is 2.23 bits per heavy atom. The number of anilines is 1. The second kappa shape index (κ2) is 12.1. The van der Waals surface area contributed by atoms with Gasteiger partial charge in [0, 0.05) is 22.9 Å². The molecule has 0 aliphatic carbocycles. The average Bonchev–Trinajstić information content (AvgIpc) is 2.86. The SMILES string of the molecule is COc1ccc(C=CC(=O)NC(=S)NNC(=O)c2ccc(NC(=O)c3cccc(C)c3)cc2)cc1. The van der Waals surface area contributed by atoms with Gasteiger partial charge in [0.15, 0.2) is 5.11 Å². The molecule has 0 fully saturated rings. The molecule has 3 rings (SSSR count). The van der Waals surface area contributed by atoms with Crippen LogP contribution in [0.15, 0.2) is 78.9 Å². The summed E-state index contributed by atoms with van der Waals surface area (Å²) in [5, 5.41) is 5.16. The summed E-state index contributed by atoms with van der Waals surface area (Å²) >= 11 is 5.03. The minimum Gasteiger partial charge on any atom is -0.497 e. The molecule has 0 saturated carbocycles. The molecule has 8 nitrogen and oxygen atoms in total. The van der Waals surface area contributed by atoms with Crippen molar-refractivity contribution in [2.24, 2.45) is 0 Å². The highest BCUT2D eigenvalue weighted by atomic mass is 32.1. The van der Waals surface area contributed by atoms with Crippen LogP contribution in [0, 0.1) is 6.92 Å². The van der Waals surface area contributed by atoms with E-state index in [-0.39, 0.29) is 11.0 Å². The lowest BCUT2D eigenvalue weighted by atomic mass is 10.1. The second-order valence-corrected chi connectivity index (χ2v) is 7.81. The Morgan fingerprint density at radius 2 is 1.57 bits per heavy atom. The number of rotatable bonds is 6. The molecule has 3 amide bonds. The maximum absolute atomic E-state index is 12.3. The number of carbonyl (C=O) groups excluding carboxylic acids is 3. The quantitative estimate of drug-likeness (QED) is 0.240. The van der Waals surface area contributed by atoms with Crippen molar-refractivity contribution >= 4 is 46.8 Å². The molecule has 3 aromatic carbocycles. The van der Waals surface area contributed by atoms with Gasteiger partial charge in [-0.15, -0.1) is 0 Å². The molecule has 178 valence electrons. The minimum atomic E-state index is -0.466. The predicted molar refractivity (Wildman–Crippen MR) is 139 cm³/mol. The molecular weight excluding hydrogens is 464 g/mol. The summed E-state index contributed by atoms with van der Waals surface area (Å²) in [6.07, 6.45) is 2.94. The second-order valence-electron chi connectivity index (χ2n) is 7.40. The first-order valence-corrected chi connectivity index (χ1v) is 11.0. The molecule has 35 heavy (non-hydrogen) atoms. The highest BCUT2D eigenvalue weighted by molar-refractivity contribution is 7.80. The first-order chi connectivity index (χ1) is 16.8. The highest BCUT2D eigenvalue weighted by Crippen LogP contribution is 2.13. The number of hydrogen-bond donors (Lipinski definition) is 4. The molecular formula is C26H24N4O4S. The largest absolute Gasteiger partial charge is 0.497 e. The summed E-state index contributed by atoms with van der Waals surface area (Å²) in [7, 11) is 1.58. The van der Waals surface area contributed by atoms with Gasteiger partial charge in [0.2, 0.25) is 5.91 Å². The van der Waals surface area contributed by atoms with E-state index in [0.29, 0.717) is 16.8 Å². The number of hydrogen-bond acceptors (Lipinski definition) is 5. The average molecular weight is 489 g/mol. The van der Waals surface area contributed by atoms with Gasteiger partial charge in [-0.05, 0) is 79.3 Å². The normalized spacial score (nSPS) is 10.3. The first-order valence-electron chi connectivity index (χ1n) is 10.6. The first kappa shape index (κ1) is 25.1. The molecule has 0 aromatic heterocycles. The van der Waals surface area contributed by atoms with E-state index in [1.54, 1.807) is 73.8 Å². The lowest BCUT2D eigenvalue weighted by Crippen LogP contribution is -2.48. The molecule has 0 unspecified atom stereocenters. The third-order valence-corrected chi connectivity index (χ3v) is 4.96. The molecule has 3 aromatic rings. The number of thiocarbonyl (C=S) groups is 1. The number of aryl methyl sites for hydroxylation is 1. The van der Waals surface area contributed by atoms with Crippen LogP contribution in [0.2, 0.25) is 0 Å². The Hall–Kier alpha value is -4.50. The fourth-order valence-corrected chi connectivity index (χ4v) is 3.10. The van der Waals surface area contributed by atoms with Gasteiger partial charge in [0.05, 0.1) is 7.11 Å². The van der Waals surface area contributed by atoms with E-state index in [1.165, 1.54) is 6.08 Å². The Balaban J connectivity index is 1.45. The summed E-state index contributed by atoms with van der Waals surface area (Å²) in [5.41, 5.74) is 8.12. The van der Waals surface area contributed by atoms with Crippen LogP contribution in [0.5, 0.6) is 5.75 Å². The van der Waals surface area contributed by atoms with Crippen LogP contribution in [0.25, 0.3) is 6.08 Å². The van der Waals surface area contributed by atoms with E-state index in [0.717, 1.165) is 16.9 Å². The van der Waals surface area contributed by atoms with Gasteiger partial charge in [-0.1, -0.05) is 29.8 Å². The van der Waals surface area contributed by atoms with Gasteiger partial charge in [0.1, 0.15) is 5.75 Å². The summed E-state index contributed by atoms with van der Waals surface area (Å²) in [6, 6.07) is 20.8. The Kier molecular flexibility index (Phi) is 8.69. The summed E-state index contributed by atoms with van der Waals surface area (Å²) in [6.45, 7) is 1.91. The molecule has 0 bridgehead atoms. The summed E-state index contributed by atoms with van der Waals surface area (Å²) < 4.78 is 5.09. The third kappa shape index (κ3) is 7.79. The highest BCUT2D eigenvalue weighted by Gasteiger charge is 2.09. The molecule has 0 saturated heterocycles. The zero-order valence-electron chi connectivity index (χ0n) is 19.1. The van der Waals surface area contributed by atoms with Crippen LogP contribution >= 0.6 is 12.2 Å². The van der Waals surface area contributed by atoms with Crippen molar-refractivity contribution in [3.05, 3.63) is 101 Å². The number of hydrazine groups is 1. The Bertz CT molecular complexity index is 1260. The Labute approximate surface area is 208 Å². The lowest BCUT2D eigenvalue weighted by Gasteiger charge is -2.10. The molecule has 4 N–H and O–H groups in total. The van der Waals surface area contributed by atoms with Gasteiger partial charge >= 0.3 is 0 Å². The van der Waals surface area contributed by atoms with Crippen molar-refractivity contribution in [3.63, 3.8) is 0 Å². The molecule has 0 aliphatic rings. The smallest absolute Gasteiger partial charge is 0.269 e. The number of methoxy groups -OCH3 is 1. The van der Waals surface area contributed by atoms with Gasteiger partial charge < -0.3 is 10.1 Å². The number of carbonyl (C=O) groups is 3. The monoisotopic (exact) mass is 488 g/mol. The van der Waals surface area contributed by atoms with Crippen LogP contribution < -0.4 is 26.2 Å². The van der Waals surface area contributed by atoms with E-state index >= 15 is 0 Å². The number of ether oxygens (including phenoxy) is 1. The van der Waals surface area contributed by atoms with Gasteiger partial charge in [-0.3, -0.25) is 30.6 Å². The molecule has 0 heterocycles. The minimum absolute atomic E-state index is 0.0650. The Morgan fingerprint density at radius 1 is 0.857 bits per heavy atom. The van der Waals surface area contributed by atoms with Crippen molar-refractivity contribution in [2.45, 2.75) is 6.92 Å². The maximum atomic E-state index is 12.3. The van der Waals surface area contributed by atoms with Gasteiger partial charge in [0.25, 0.3) is 11.8 Å². The number of amides is 3. The van der Waals surface area contributed by atoms with Crippen LogP contribution in [-0.4, -0.2) is 29.9 Å². The fourth-order valence-electron chi connectivity index (χ4n) is 2.95. The predicted octanol–water partition coefficient (Wildman–Crippen LogP) is 3.60. The lowest BCUT2D eigenvalue weighted by molar-refractivity contribution is -0.115. The van der Waals surface area contributed by atoms with E-state index in [1.807, 2.05) is 19.1 Å². The van der Waals surface area contributed by atoms with Gasteiger partial charge in [-0.2, -0.15) is 0 Å². The molecule has 0 radical (unpaired) electrons. The third-order valence-electron chi connectivity index (χ3n) is 4.75. The van der Waals surface area contributed by atoms with Crippen LogP contribution in [0.1, 0.15) is 31.8 Å². The van der Waals surface area contributed by atoms with Gasteiger partial charge in [-0.25, -0.2) is 0 Å². The van der Waals surface area contributed by atoms with Crippen molar-refractivity contribution < 1.29 is 19.1 Å². The van der Waals surface area contributed by atoms with E-state index in [4.69, 9.17) is 17.0 Å². The number of benzene rings is 3. The molecule has 9 heteroatoms. The maximum Gasteiger partial charge on any atom is 0.269 e. The van der Waals surface area contributed by atoms with E-state index in [9.17, 15) is 14.4 Å². The number of nitrogens with one attached hydrogen (secondary N) is 4. The summed E-state index contributed by atoms with van der Waals surface area (Å²) in [4.78, 5) is 36.7. The molecule has 0 spiro atoms. The zero-order chi connectivity index (χ0) is 25.2. The van der Waals surface area contributed by atoms with E-state index < -0.39 is 11.8 Å². The van der Waals surface area contributed by atoms with Crippen molar-refractivity contribution in [3.8, 4) is 5.75 Å². The van der Waals surface area contributed by atoms with Crippen molar-refractivity contribution in [1.82, 2.24) is 16.2 Å². The van der Waals surface area contributed by atoms with E-state index in [2.05, 4.69) is 21.5 Å². The topological polar surface area (TPSA) is 109 Å². The van der Waals surface area contributed by atoms with Crippen molar-refractivity contribution in [1.29, 1.82) is 0 Å². The molecule has 0 aliphatic heterocycles. The fraction of sp³-hybridized carbons (Fsp3) is 0.0769. The van der Waals surface area contributed by atoms with Crippen LogP contribution in [-0.2, 0) is 4.79 Å². The van der Waals surface area contributed by atoms with Crippen LogP contribution in [0.4, 0.5) is 5.69 Å². The standard InChI is InChI=1S/C26H24N4O4S/c1-17-4-3-5-20(16-17)24(32)27-21-11-9-19(10-12-21)25(33)29-30-26(35)28-23(31)15-8-18-6-13-22(34-2)14-7-18/h3-16H,1-2H3,(H,27,32)(H,29,33)(H2,28,30,31,35). The summed E-state index contributed by atoms with van der Waals surface area (Å²) in [5.74, 6) is -0.447. The zero-order valence-corrected chi connectivity index (χ0v) is 19.9. The van der Waals surface area contributed by atoms with Crippen molar-refractivity contribution in [2.75, 3.05) is 12.4 Å². The van der Waals surface area contributed by atoms with Crippen LogP contribution in [0.3, 0.4) is 0 Å².